The van der Waals surface area contributed by atoms with Crippen LogP contribution in [0.2, 0.25) is 0 Å². The molecule has 0 aliphatic rings. The Morgan fingerprint density at radius 1 is 1.35 bits per heavy atom. The Hall–Kier alpha value is -1.91. The van der Waals surface area contributed by atoms with E-state index in [0.717, 1.165) is 18.5 Å². The molecule has 5 nitrogen and oxygen atoms in total. The zero-order valence-corrected chi connectivity index (χ0v) is 12.6. The lowest BCUT2D eigenvalue weighted by Crippen LogP contribution is -2.35. The largest absolute Gasteiger partial charge is 0.491 e. The predicted molar refractivity (Wildman–Crippen MR) is 83.2 cm³/mol. The summed E-state index contributed by atoms with van der Waals surface area (Å²) in [6.45, 7) is 5.68. The van der Waals surface area contributed by atoms with Crippen molar-refractivity contribution in [3.05, 3.63) is 18.2 Å². The molecule has 0 bridgehead atoms. The molecule has 0 aliphatic heterocycles. The summed E-state index contributed by atoms with van der Waals surface area (Å²) in [4.78, 5) is 13.6. The highest BCUT2D eigenvalue weighted by atomic mass is 16.5. The topological polar surface area (TPSA) is 67.6 Å². The molecule has 0 unspecified atom stereocenters. The van der Waals surface area contributed by atoms with Crippen LogP contribution in [0.25, 0.3) is 0 Å². The van der Waals surface area contributed by atoms with Crippen LogP contribution >= 0.6 is 0 Å². The SMILES string of the molecule is CCCNC(=O)CN(C)c1cccc(OCCC)c1N. The van der Waals surface area contributed by atoms with Crippen LogP contribution in [0, 0.1) is 0 Å². The maximum Gasteiger partial charge on any atom is 0.239 e. The summed E-state index contributed by atoms with van der Waals surface area (Å²) >= 11 is 0. The predicted octanol–water partition coefficient (Wildman–Crippen LogP) is 2.02. The number of anilines is 2. The number of nitrogens with two attached hydrogens (primary N) is 1. The van der Waals surface area contributed by atoms with E-state index in [1.807, 2.05) is 44.0 Å². The zero-order chi connectivity index (χ0) is 15.0. The Morgan fingerprint density at radius 3 is 2.75 bits per heavy atom. The molecule has 5 heteroatoms. The lowest BCUT2D eigenvalue weighted by molar-refractivity contribution is -0.119. The van der Waals surface area contributed by atoms with Crippen LogP contribution < -0.4 is 20.7 Å². The van der Waals surface area contributed by atoms with Crippen molar-refractivity contribution in [1.29, 1.82) is 0 Å². The Kier molecular flexibility index (Phi) is 6.70. The van der Waals surface area contributed by atoms with E-state index in [1.165, 1.54) is 0 Å². The standard InChI is InChI=1S/C15H25N3O2/c1-4-9-17-14(19)11-18(3)12-7-6-8-13(15(12)16)20-10-5-2/h6-8H,4-5,9-11,16H2,1-3H3,(H,17,19). The Balaban J connectivity index is 2.72. The van der Waals surface area contributed by atoms with Gasteiger partial charge in [-0.15, -0.1) is 0 Å². The average Bonchev–Trinajstić information content (AvgIpc) is 2.43. The van der Waals surface area contributed by atoms with Crippen LogP contribution in [0.15, 0.2) is 18.2 Å². The fourth-order valence-electron chi connectivity index (χ4n) is 1.82. The van der Waals surface area contributed by atoms with Gasteiger partial charge in [-0.1, -0.05) is 19.9 Å². The van der Waals surface area contributed by atoms with Gasteiger partial charge >= 0.3 is 0 Å². The van der Waals surface area contributed by atoms with Crippen LogP contribution in [0.3, 0.4) is 0 Å². The molecule has 0 radical (unpaired) electrons. The number of hydrogen-bond donors (Lipinski definition) is 2. The van der Waals surface area contributed by atoms with E-state index in [0.29, 0.717) is 24.6 Å². The first-order chi connectivity index (χ1) is 9.60. The second-order valence-electron chi connectivity index (χ2n) is 4.74. The van der Waals surface area contributed by atoms with Crippen LogP contribution in [-0.2, 0) is 4.79 Å². The number of hydrogen-bond acceptors (Lipinski definition) is 4. The van der Waals surface area contributed by atoms with Crippen LogP contribution in [0.1, 0.15) is 26.7 Å². The summed E-state index contributed by atoms with van der Waals surface area (Å²) in [7, 11) is 1.85. The van der Waals surface area contributed by atoms with Crippen molar-refractivity contribution >= 4 is 17.3 Å². The fraction of sp³-hybridized carbons (Fsp3) is 0.533. The number of amides is 1. The van der Waals surface area contributed by atoms with E-state index < -0.39 is 0 Å². The van der Waals surface area contributed by atoms with Crippen molar-refractivity contribution in [3.63, 3.8) is 0 Å². The maximum absolute atomic E-state index is 11.7. The van der Waals surface area contributed by atoms with Gasteiger partial charge in [0.15, 0.2) is 0 Å². The summed E-state index contributed by atoms with van der Waals surface area (Å²) < 4.78 is 5.59. The van der Waals surface area contributed by atoms with Crippen molar-refractivity contribution in [1.82, 2.24) is 5.32 Å². The molecule has 0 heterocycles. The molecule has 0 saturated heterocycles. The average molecular weight is 279 g/mol. The molecule has 1 rings (SSSR count). The van der Waals surface area contributed by atoms with Crippen molar-refractivity contribution in [3.8, 4) is 5.75 Å². The minimum atomic E-state index is -0.00590. The van der Waals surface area contributed by atoms with Gasteiger partial charge in [-0.3, -0.25) is 4.79 Å². The molecular formula is C15H25N3O2. The van der Waals surface area contributed by atoms with E-state index in [9.17, 15) is 4.79 Å². The quantitative estimate of drug-likeness (QED) is 0.714. The molecule has 1 aromatic carbocycles. The van der Waals surface area contributed by atoms with Gasteiger partial charge in [-0.25, -0.2) is 0 Å². The van der Waals surface area contributed by atoms with E-state index in [1.54, 1.807) is 0 Å². The third kappa shape index (κ3) is 4.64. The third-order valence-electron chi connectivity index (χ3n) is 2.87. The summed E-state index contributed by atoms with van der Waals surface area (Å²) in [5.41, 5.74) is 7.49. The number of nitrogens with zero attached hydrogens (tertiary/aromatic N) is 1. The smallest absolute Gasteiger partial charge is 0.239 e. The molecule has 112 valence electrons. The maximum atomic E-state index is 11.7. The molecule has 1 amide bonds. The first kappa shape index (κ1) is 16.1. The summed E-state index contributed by atoms with van der Waals surface area (Å²) in [6, 6.07) is 5.62. The van der Waals surface area contributed by atoms with Crippen molar-refractivity contribution in [2.75, 3.05) is 37.4 Å². The number of nitrogens with one attached hydrogen (secondary N) is 1. The van der Waals surface area contributed by atoms with Crippen molar-refractivity contribution in [2.45, 2.75) is 26.7 Å². The van der Waals surface area contributed by atoms with Crippen LogP contribution in [0.5, 0.6) is 5.75 Å². The molecule has 0 fully saturated rings. The van der Waals surface area contributed by atoms with Gasteiger partial charge < -0.3 is 20.7 Å². The van der Waals surface area contributed by atoms with Gasteiger partial charge in [0.2, 0.25) is 5.91 Å². The monoisotopic (exact) mass is 279 g/mol. The van der Waals surface area contributed by atoms with Gasteiger partial charge in [0.25, 0.3) is 0 Å². The normalized spacial score (nSPS) is 10.2. The molecule has 0 spiro atoms. The van der Waals surface area contributed by atoms with Crippen LogP contribution in [-0.4, -0.2) is 32.7 Å². The highest BCUT2D eigenvalue weighted by Crippen LogP contribution is 2.31. The molecular weight excluding hydrogens is 254 g/mol. The number of rotatable bonds is 8. The lowest BCUT2D eigenvalue weighted by atomic mass is 10.2. The van der Waals surface area contributed by atoms with Crippen molar-refractivity contribution in [2.24, 2.45) is 0 Å². The number of likely N-dealkylation sites (N-methyl/N-ethyl adjacent to an activating group) is 1. The Labute approximate surface area is 121 Å². The van der Waals surface area contributed by atoms with Gasteiger partial charge in [-0.2, -0.15) is 0 Å². The van der Waals surface area contributed by atoms with Gasteiger partial charge in [-0.05, 0) is 25.0 Å². The zero-order valence-electron chi connectivity index (χ0n) is 12.6. The number of ether oxygens (including phenoxy) is 1. The highest BCUT2D eigenvalue weighted by Gasteiger charge is 2.12. The molecule has 20 heavy (non-hydrogen) atoms. The first-order valence-electron chi connectivity index (χ1n) is 7.09. The first-order valence-corrected chi connectivity index (χ1v) is 7.09. The second kappa shape index (κ2) is 8.30. The molecule has 0 aliphatic carbocycles. The number of benzene rings is 1. The Morgan fingerprint density at radius 2 is 2.10 bits per heavy atom. The van der Waals surface area contributed by atoms with Crippen LogP contribution in [0.4, 0.5) is 11.4 Å². The third-order valence-corrected chi connectivity index (χ3v) is 2.87. The number of carbonyl (C=O) groups is 1. The van der Waals surface area contributed by atoms with Gasteiger partial charge in [0.1, 0.15) is 5.75 Å². The fourth-order valence-corrected chi connectivity index (χ4v) is 1.82. The van der Waals surface area contributed by atoms with Gasteiger partial charge in [0.05, 0.1) is 24.5 Å². The van der Waals surface area contributed by atoms with Gasteiger partial charge in [0, 0.05) is 13.6 Å². The summed E-state index contributed by atoms with van der Waals surface area (Å²) in [5, 5.41) is 2.85. The summed E-state index contributed by atoms with van der Waals surface area (Å²) in [6.07, 6.45) is 1.86. The van der Waals surface area contributed by atoms with Crippen molar-refractivity contribution < 1.29 is 9.53 Å². The number of nitrogen functional groups attached to an aromatic ring is 1. The summed E-state index contributed by atoms with van der Waals surface area (Å²) in [5.74, 6) is 0.666. The minimum absolute atomic E-state index is 0.00590. The molecule has 0 atom stereocenters. The van der Waals surface area contributed by atoms with E-state index in [4.69, 9.17) is 10.5 Å². The molecule has 0 saturated carbocycles. The highest BCUT2D eigenvalue weighted by molar-refractivity contribution is 5.84. The minimum Gasteiger partial charge on any atom is -0.491 e. The van der Waals surface area contributed by atoms with E-state index in [2.05, 4.69) is 5.32 Å². The second-order valence-corrected chi connectivity index (χ2v) is 4.74. The lowest BCUT2D eigenvalue weighted by Gasteiger charge is -2.22. The number of carbonyl (C=O) groups excluding carboxylic acids is 1. The molecule has 1 aromatic rings. The molecule has 3 N–H and O–H groups in total. The number of para-hydroxylation sites is 1. The Bertz CT molecular complexity index is 435. The van der Waals surface area contributed by atoms with E-state index in [-0.39, 0.29) is 12.5 Å². The van der Waals surface area contributed by atoms with E-state index >= 15 is 0 Å². The molecule has 0 aromatic heterocycles.